The molecule has 3 aromatic rings. The second kappa shape index (κ2) is 6.32. The molecule has 1 aliphatic rings. The van der Waals surface area contributed by atoms with Gasteiger partial charge >= 0.3 is 0 Å². The summed E-state index contributed by atoms with van der Waals surface area (Å²) >= 11 is 1.74. The summed E-state index contributed by atoms with van der Waals surface area (Å²) in [6.07, 6.45) is 3.06. The molecule has 2 aromatic heterocycles. The number of carbonyl (C=O) groups is 1. The van der Waals surface area contributed by atoms with Crippen LogP contribution in [0.3, 0.4) is 0 Å². The molecule has 4 rings (SSSR count). The van der Waals surface area contributed by atoms with Crippen molar-refractivity contribution < 1.29 is 13.9 Å². The van der Waals surface area contributed by atoms with Crippen molar-refractivity contribution in [2.75, 3.05) is 13.7 Å². The first-order valence-corrected chi connectivity index (χ1v) is 9.04. The van der Waals surface area contributed by atoms with Crippen LogP contribution in [0, 0.1) is 0 Å². The molecule has 0 radical (unpaired) electrons. The highest BCUT2D eigenvalue weighted by Gasteiger charge is 2.34. The number of ether oxygens (including phenoxy) is 1. The Labute approximate surface area is 144 Å². The van der Waals surface area contributed by atoms with Gasteiger partial charge in [-0.15, -0.1) is 11.3 Å². The van der Waals surface area contributed by atoms with Crippen LogP contribution in [0.25, 0.3) is 11.0 Å². The molecule has 0 spiro atoms. The zero-order valence-electron chi connectivity index (χ0n) is 13.5. The maximum Gasteiger partial charge on any atom is 0.289 e. The highest BCUT2D eigenvalue weighted by atomic mass is 32.1. The smallest absolute Gasteiger partial charge is 0.289 e. The molecule has 0 bridgehead atoms. The molecule has 1 amide bonds. The molecular weight excluding hydrogens is 322 g/mol. The Morgan fingerprint density at radius 1 is 1.33 bits per heavy atom. The van der Waals surface area contributed by atoms with Gasteiger partial charge in [0.05, 0.1) is 7.11 Å². The Kier molecular flexibility index (Phi) is 4.02. The molecule has 0 saturated heterocycles. The van der Waals surface area contributed by atoms with Crippen molar-refractivity contribution in [1.29, 1.82) is 0 Å². The van der Waals surface area contributed by atoms with E-state index < -0.39 is 0 Å². The molecule has 0 atom stereocenters. The Balaban J connectivity index is 1.58. The molecule has 1 saturated carbocycles. The summed E-state index contributed by atoms with van der Waals surface area (Å²) in [6, 6.07) is 12.0. The van der Waals surface area contributed by atoms with Crippen LogP contribution >= 0.6 is 11.3 Å². The minimum atomic E-state index is -0.0210. The first-order valence-electron chi connectivity index (χ1n) is 8.16. The molecule has 0 aliphatic heterocycles. The van der Waals surface area contributed by atoms with Crippen molar-refractivity contribution in [3.8, 4) is 5.75 Å². The monoisotopic (exact) mass is 341 g/mol. The van der Waals surface area contributed by atoms with E-state index in [0.717, 1.165) is 31.2 Å². The van der Waals surface area contributed by atoms with E-state index >= 15 is 0 Å². The SMILES string of the molecule is COc1cccc2cc(C(=O)N(CCc3cccs3)C3CC3)oc12. The van der Waals surface area contributed by atoms with Crippen LogP contribution in [0.2, 0.25) is 0 Å². The molecule has 2 heterocycles. The number of hydrogen-bond donors (Lipinski definition) is 0. The maximum atomic E-state index is 12.9. The molecule has 24 heavy (non-hydrogen) atoms. The molecule has 0 unspecified atom stereocenters. The van der Waals surface area contributed by atoms with Crippen molar-refractivity contribution >= 4 is 28.2 Å². The van der Waals surface area contributed by atoms with Gasteiger partial charge in [-0.1, -0.05) is 18.2 Å². The number of thiophene rings is 1. The van der Waals surface area contributed by atoms with Gasteiger partial charge in [0, 0.05) is 22.8 Å². The zero-order valence-corrected chi connectivity index (χ0v) is 14.3. The first-order chi connectivity index (χ1) is 11.8. The minimum absolute atomic E-state index is 0.0210. The predicted molar refractivity (Wildman–Crippen MR) is 94.8 cm³/mol. The van der Waals surface area contributed by atoms with Crippen LogP contribution in [-0.4, -0.2) is 30.5 Å². The second-order valence-corrected chi connectivity index (χ2v) is 7.08. The topological polar surface area (TPSA) is 42.7 Å². The Hall–Kier alpha value is -2.27. The quantitative estimate of drug-likeness (QED) is 0.669. The van der Waals surface area contributed by atoms with Crippen LogP contribution in [0.5, 0.6) is 5.75 Å². The van der Waals surface area contributed by atoms with Crippen LogP contribution in [0.4, 0.5) is 0 Å². The summed E-state index contributed by atoms with van der Waals surface area (Å²) in [5.74, 6) is 1.03. The van der Waals surface area contributed by atoms with Crippen molar-refractivity contribution in [2.24, 2.45) is 0 Å². The Morgan fingerprint density at radius 2 is 2.21 bits per heavy atom. The average Bonchev–Trinajstić information content (AvgIpc) is 3.12. The third kappa shape index (κ3) is 2.91. The van der Waals surface area contributed by atoms with Gasteiger partial charge in [-0.2, -0.15) is 0 Å². The summed E-state index contributed by atoms with van der Waals surface area (Å²) < 4.78 is 11.2. The van der Waals surface area contributed by atoms with Crippen LogP contribution < -0.4 is 4.74 Å². The van der Waals surface area contributed by atoms with Gasteiger partial charge in [0.1, 0.15) is 0 Å². The lowest BCUT2D eigenvalue weighted by Gasteiger charge is -2.20. The number of rotatable bonds is 6. The summed E-state index contributed by atoms with van der Waals surface area (Å²) in [4.78, 5) is 16.2. The molecule has 1 aliphatic carbocycles. The lowest BCUT2D eigenvalue weighted by atomic mass is 10.2. The molecule has 124 valence electrons. The number of benzene rings is 1. The molecule has 0 N–H and O–H groups in total. The van der Waals surface area contributed by atoms with Crippen molar-refractivity contribution in [1.82, 2.24) is 4.90 Å². The molecule has 1 fully saturated rings. The highest BCUT2D eigenvalue weighted by Crippen LogP contribution is 2.32. The number of nitrogens with zero attached hydrogens (tertiary/aromatic N) is 1. The third-order valence-corrected chi connectivity index (χ3v) is 5.30. The highest BCUT2D eigenvalue weighted by molar-refractivity contribution is 7.09. The summed E-state index contributed by atoms with van der Waals surface area (Å²) in [6.45, 7) is 0.734. The molecular formula is C19H19NO3S. The van der Waals surface area contributed by atoms with Gasteiger partial charge in [0.2, 0.25) is 0 Å². The number of para-hydroxylation sites is 1. The zero-order chi connectivity index (χ0) is 16.5. The van der Waals surface area contributed by atoms with E-state index in [4.69, 9.17) is 9.15 Å². The maximum absolute atomic E-state index is 12.9. The van der Waals surface area contributed by atoms with Gasteiger partial charge in [0.15, 0.2) is 17.1 Å². The number of carbonyl (C=O) groups excluding carboxylic acids is 1. The van der Waals surface area contributed by atoms with Crippen LogP contribution in [-0.2, 0) is 6.42 Å². The van der Waals surface area contributed by atoms with E-state index in [1.54, 1.807) is 18.4 Å². The first kappa shape index (κ1) is 15.3. The van der Waals surface area contributed by atoms with Crippen LogP contribution in [0.15, 0.2) is 46.2 Å². The number of furan rings is 1. The minimum Gasteiger partial charge on any atom is -0.493 e. The summed E-state index contributed by atoms with van der Waals surface area (Å²) in [5, 5.41) is 2.97. The van der Waals surface area contributed by atoms with Gasteiger partial charge in [-0.25, -0.2) is 0 Å². The summed E-state index contributed by atoms with van der Waals surface area (Å²) in [7, 11) is 1.61. The molecule has 1 aromatic carbocycles. The normalized spacial score (nSPS) is 14.0. The standard InChI is InChI=1S/C19H19NO3S/c1-22-16-6-2-4-13-12-17(23-18(13)16)19(21)20(14-7-8-14)10-9-15-5-3-11-24-15/h2-6,11-12,14H,7-10H2,1H3. The van der Waals surface area contributed by atoms with Crippen LogP contribution in [0.1, 0.15) is 28.3 Å². The fraction of sp³-hybridized carbons (Fsp3) is 0.316. The number of methoxy groups -OCH3 is 1. The Bertz CT molecular complexity index is 849. The third-order valence-electron chi connectivity index (χ3n) is 4.37. The van der Waals surface area contributed by atoms with Gasteiger partial charge < -0.3 is 14.1 Å². The van der Waals surface area contributed by atoms with Gasteiger partial charge in [-0.3, -0.25) is 4.79 Å². The number of amides is 1. The fourth-order valence-electron chi connectivity index (χ4n) is 2.97. The Morgan fingerprint density at radius 3 is 2.92 bits per heavy atom. The van der Waals surface area contributed by atoms with Gasteiger partial charge in [0.25, 0.3) is 5.91 Å². The molecule has 5 heteroatoms. The van der Waals surface area contributed by atoms with Gasteiger partial charge in [-0.05, 0) is 42.8 Å². The average molecular weight is 341 g/mol. The van der Waals surface area contributed by atoms with E-state index in [0.29, 0.717) is 23.1 Å². The van der Waals surface area contributed by atoms with E-state index in [9.17, 15) is 4.79 Å². The van der Waals surface area contributed by atoms with Crippen molar-refractivity contribution in [2.45, 2.75) is 25.3 Å². The van der Waals surface area contributed by atoms with E-state index in [1.165, 1.54) is 4.88 Å². The predicted octanol–water partition coefficient (Wildman–Crippen LogP) is 4.35. The molecule has 4 nitrogen and oxygen atoms in total. The second-order valence-electron chi connectivity index (χ2n) is 6.05. The summed E-state index contributed by atoms with van der Waals surface area (Å²) in [5.41, 5.74) is 0.636. The lowest BCUT2D eigenvalue weighted by Crippen LogP contribution is -2.34. The van der Waals surface area contributed by atoms with E-state index in [1.807, 2.05) is 29.2 Å². The largest absolute Gasteiger partial charge is 0.493 e. The van der Waals surface area contributed by atoms with E-state index in [2.05, 4.69) is 17.5 Å². The fourth-order valence-corrected chi connectivity index (χ4v) is 3.66. The van der Waals surface area contributed by atoms with Crippen molar-refractivity contribution in [3.05, 3.63) is 52.4 Å². The number of hydrogen-bond acceptors (Lipinski definition) is 4. The lowest BCUT2D eigenvalue weighted by molar-refractivity contribution is 0.0715. The van der Waals surface area contributed by atoms with E-state index in [-0.39, 0.29) is 5.91 Å². The van der Waals surface area contributed by atoms with Crippen molar-refractivity contribution in [3.63, 3.8) is 0 Å². The number of fused-ring (bicyclic) bond motifs is 1.